The fourth-order valence-electron chi connectivity index (χ4n) is 4.61. The molecule has 0 aliphatic carbocycles. The van der Waals surface area contributed by atoms with Crippen molar-refractivity contribution in [1.82, 2.24) is 14.9 Å². The van der Waals surface area contributed by atoms with Crippen LogP contribution in [-0.4, -0.2) is 65.5 Å². The van der Waals surface area contributed by atoms with Crippen LogP contribution in [0.2, 0.25) is 0 Å². The number of para-hydroxylation sites is 1. The number of hydrogen-bond acceptors (Lipinski definition) is 12. The summed E-state index contributed by atoms with van der Waals surface area (Å²) in [6.45, 7) is 6.04. The van der Waals surface area contributed by atoms with Crippen LogP contribution in [0.15, 0.2) is 54.0 Å². The van der Waals surface area contributed by atoms with Gasteiger partial charge in [0.05, 0.1) is 12.6 Å². The molecule has 1 aliphatic rings. The van der Waals surface area contributed by atoms with E-state index in [1.54, 1.807) is 69.4 Å². The van der Waals surface area contributed by atoms with E-state index in [9.17, 15) is 19.2 Å². The van der Waals surface area contributed by atoms with Gasteiger partial charge in [-0.25, -0.2) is 14.4 Å². The second-order valence-corrected chi connectivity index (χ2v) is 11.9. The molecular weight excluding hydrogens is 604 g/mol. The molecule has 1 amide bonds. The molecule has 2 unspecified atom stereocenters. The molecule has 4 aromatic rings. The lowest BCUT2D eigenvalue weighted by Crippen LogP contribution is -2.47. The number of carbonyl (C=O) groups is 4. The van der Waals surface area contributed by atoms with Gasteiger partial charge in [0.2, 0.25) is 5.91 Å². The molecule has 0 radical (unpaired) electrons. The first-order valence-corrected chi connectivity index (χ1v) is 14.8. The lowest BCUT2D eigenvalue weighted by atomic mass is 10.0. The summed E-state index contributed by atoms with van der Waals surface area (Å²) in [6.07, 6.45) is 0.876. The largest absolute Gasteiger partial charge is 0.486 e. The van der Waals surface area contributed by atoms with E-state index >= 15 is 0 Å². The van der Waals surface area contributed by atoms with Crippen molar-refractivity contribution in [2.75, 3.05) is 20.3 Å². The van der Waals surface area contributed by atoms with Gasteiger partial charge in [0, 0.05) is 23.4 Å². The highest BCUT2D eigenvalue weighted by atomic mass is 32.1. The number of hydrogen-bond donors (Lipinski definition) is 2. The number of esters is 2. The van der Waals surface area contributed by atoms with Crippen LogP contribution in [0, 0.1) is 0 Å². The average Bonchev–Trinajstić information content (AvgIpc) is 3.64. The van der Waals surface area contributed by atoms with E-state index in [2.05, 4.69) is 15.0 Å². The first-order valence-electron chi connectivity index (χ1n) is 14.0. The van der Waals surface area contributed by atoms with Gasteiger partial charge < -0.3 is 34.7 Å². The number of nitrogens with zero attached hydrogens (tertiary/aromatic N) is 2. The normalized spacial score (nSPS) is 13.9. The van der Waals surface area contributed by atoms with E-state index in [4.69, 9.17) is 24.7 Å². The van der Waals surface area contributed by atoms with Crippen molar-refractivity contribution in [3.8, 4) is 16.7 Å². The number of aromatic nitrogens is 2. The highest BCUT2D eigenvalue weighted by Gasteiger charge is 2.30. The molecule has 13 nitrogen and oxygen atoms in total. The third-order valence-corrected chi connectivity index (χ3v) is 7.40. The second-order valence-electron chi connectivity index (χ2n) is 11.1. The molecule has 2 atom stereocenters. The van der Waals surface area contributed by atoms with E-state index < -0.39 is 41.6 Å². The van der Waals surface area contributed by atoms with Crippen LogP contribution in [0.25, 0.3) is 10.9 Å². The average molecular weight is 637 g/mol. The van der Waals surface area contributed by atoms with Gasteiger partial charge in [-0.1, -0.05) is 35.6 Å². The Morgan fingerprint density at radius 3 is 2.56 bits per heavy atom. The van der Waals surface area contributed by atoms with Crippen LogP contribution < -0.4 is 25.3 Å². The minimum atomic E-state index is -1.27. The van der Waals surface area contributed by atoms with E-state index in [-0.39, 0.29) is 17.3 Å². The lowest BCUT2D eigenvalue weighted by molar-refractivity contribution is -0.139. The molecule has 0 spiro atoms. The second kappa shape index (κ2) is 13.0. The minimum Gasteiger partial charge on any atom is -0.486 e. The molecule has 0 fully saturated rings. The first kappa shape index (κ1) is 31.5. The van der Waals surface area contributed by atoms with Crippen molar-refractivity contribution in [2.24, 2.45) is 5.73 Å². The quantitative estimate of drug-likeness (QED) is 0.270. The number of fused-ring (bicyclic) bond motifs is 2. The molecule has 0 saturated heterocycles. The number of nitrogens with one attached hydrogen (secondary N) is 1. The fraction of sp³-hybridized carbons (Fsp3) is 0.323. The molecule has 1 aliphatic heterocycles. The van der Waals surface area contributed by atoms with Gasteiger partial charge >= 0.3 is 18.0 Å². The van der Waals surface area contributed by atoms with Crippen molar-refractivity contribution in [3.63, 3.8) is 0 Å². The zero-order valence-electron chi connectivity index (χ0n) is 25.0. The molecule has 3 heterocycles. The number of ether oxygens (including phenoxy) is 5. The summed E-state index contributed by atoms with van der Waals surface area (Å²) in [4.78, 5) is 55.9. The Bertz CT molecular complexity index is 1760. The van der Waals surface area contributed by atoms with Crippen molar-refractivity contribution in [1.29, 1.82) is 0 Å². The van der Waals surface area contributed by atoms with Gasteiger partial charge in [-0.05, 0) is 50.1 Å². The molecule has 2 aromatic carbocycles. The molecule has 45 heavy (non-hydrogen) atoms. The molecule has 2 aromatic heterocycles. The Hall–Kier alpha value is -4.95. The summed E-state index contributed by atoms with van der Waals surface area (Å²) >= 11 is 0.913. The van der Waals surface area contributed by atoms with Crippen molar-refractivity contribution in [3.05, 3.63) is 70.9 Å². The van der Waals surface area contributed by atoms with E-state index in [1.165, 1.54) is 17.1 Å². The fourth-order valence-corrected chi connectivity index (χ4v) is 5.26. The van der Waals surface area contributed by atoms with Crippen LogP contribution in [0.3, 0.4) is 0 Å². The third kappa shape index (κ3) is 7.24. The van der Waals surface area contributed by atoms with Crippen molar-refractivity contribution < 1.29 is 42.9 Å². The van der Waals surface area contributed by atoms with Crippen molar-refractivity contribution in [2.45, 2.75) is 44.9 Å². The number of nitrogens with two attached hydrogens (primary N) is 1. The number of rotatable bonds is 8. The monoisotopic (exact) mass is 636 g/mol. The zero-order valence-corrected chi connectivity index (χ0v) is 25.8. The van der Waals surface area contributed by atoms with E-state index in [1.807, 2.05) is 0 Å². The summed E-state index contributed by atoms with van der Waals surface area (Å²) in [5.41, 5.74) is 7.09. The molecule has 0 saturated carbocycles. The number of thiazole rings is 1. The zero-order chi connectivity index (χ0) is 32.3. The van der Waals surface area contributed by atoms with Gasteiger partial charge in [0.15, 0.2) is 17.2 Å². The number of benzene rings is 2. The summed E-state index contributed by atoms with van der Waals surface area (Å²) in [6, 6.07) is 9.57. The number of methoxy groups -OCH3 is 1. The molecule has 0 bridgehead atoms. The van der Waals surface area contributed by atoms with Crippen LogP contribution >= 0.6 is 11.3 Å². The molecule has 14 heteroatoms. The van der Waals surface area contributed by atoms with Gasteiger partial charge in [-0.3, -0.25) is 9.36 Å². The molecule has 3 N–H and O–H groups in total. The maximum atomic E-state index is 13.6. The molecule has 236 valence electrons. The topological polar surface area (TPSA) is 170 Å². The summed E-state index contributed by atoms with van der Waals surface area (Å²) in [5, 5.41) is 4.62. The summed E-state index contributed by atoms with van der Waals surface area (Å²) in [7, 11) is 1.21. The predicted octanol–water partition coefficient (Wildman–Crippen LogP) is 3.77. The van der Waals surface area contributed by atoms with E-state index in [0.29, 0.717) is 46.7 Å². The van der Waals surface area contributed by atoms with Crippen LogP contribution in [0.1, 0.15) is 48.4 Å². The van der Waals surface area contributed by atoms with Crippen LogP contribution in [-0.2, 0) is 25.5 Å². The Morgan fingerprint density at radius 1 is 1.09 bits per heavy atom. The predicted molar refractivity (Wildman–Crippen MR) is 163 cm³/mol. The lowest BCUT2D eigenvalue weighted by Gasteiger charge is -2.22. The molecule has 5 rings (SSSR count). The highest BCUT2D eigenvalue weighted by molar-refractivity contribution is 7.11. The Morgan fingerprint density at radius 2 is 1.82 bits per heavy atom. The van der Waals surface area contributed by atoms with E-state index in [0.717, 1.165) is 11.3 Å². The van der Waals surface area contributed by atoms with Gasteiger partial charge in [0.1, 0.15) is 30.9 Å². The SMILES string of the molecule is COC(=O)c1csc(OC(=O)C(Cc2cn(C(=O)OC(C)(C)C)c3ccccc23)NC(=O)C(N)c2ccc3c(c2)OCCO3)n1. The standard InChI is InChI=1S/C31H32N4O9S/c1-31(2,3)44-30(39)35-15-18(19-7-5-6-8-22(19)35)13-20(28(38)43-29-34-21(16-45-29)27(37)40-4)33-26(36)25(32)17-9-10-23-24(14-17)42-12-11-41-23/h5-10,14-16,20,25H,11-13,32H2,1-4H3,(H,33,36). The Labute approximate surface area is 262 Å². The van der Waals surface area contributed by atoms with Gasteiger partial charge in [0.25, 0.3) is 5.19 Å². The van der Waals surface area contributed by atoms with Crippen LogP contribution in [0.4, 0.5) is 4.79 Å². The van der Waals surface area contributed by atoms with Crippen LogP contribution in [0.5, 0.6) is 16.7 Å². The maximum absolute atomic E-state index is 13.6. The highest BCUT2D eigenvalue weighted by Crippen LogP contribution is 2.32. The first-order chi connectivity index (χ1) is 21.4. The Kier molecular flexibility index (Phi) is 9.06. The van der Waals surface area contributed by atoms with Crippen molar-refractivity contribution >= 4 is 46.2 Å². The van der Waals surface area contributed by atoms with Gasteiger partial charge in [-0.15, -0.1) is 0 Å². The minimum absolute atomic E-state index is 0.0352. The molecular formula is C31H32N4O9S. The van der Waals surface area contributed by atoms with Gasteiger partial charge in [-0.2, -0.15) is 4.98 Å². The summed E-state index contributed by atoms with van der Waals surface area (Å²) < 4.78 is 28.2. The maximum Gasteiger partial charge on any atom is 0.419 e. The Balaban J connectivity index is 1.44. The number of carbonyl (C=O) groups excluding carboxylic acids is 4. The smallest absolute Gasteiger partial charge is 0.419 e. The third-order valence-electron chi connectivity index (χ3n) is 6.68. The summed E-state index contributed by atoms with van der Waals surface area (Å²) in [5.74, 6) is -1.23. The number of amides is 1.